The lowest BCUT2D eigenvalue weighted by Crippen LogP contribution is -2.43. The van der Waals surface area contributed by atoms with Crippen molar-refractivity contribution in [3.05, 3.63) is 24.5 Å². The number of thioether (sulfide) groups is 1. The highest BCUT2D eigenvalue weighted by Crippen LogP contribution is 2.26. The van der Waals surface area contributed by atoms with Gasteiger partial charge in [0.15, 0.2) is 0 Å². The number of hydrogen-bond acceptors (Lipinski definition) is 4. The molecule has 5 heteroatoms. The number of likely N-dealkylation sites (tertiary alicyclic amines) is 1. The molecule has 1 saturated heterocycles. The molecule has 1 aromatic heterocycles. The SMILES string of the molecule is CC(C)(C)OC(=O)N1CCCC(CSc2ccncc2)C1. The Balaban J connectivity index is 1.82. The minimum Gasteiger partial charge on any atom is -0.444 e. The molecule has 0 saturated carbocycles. The van der Waals surface area contributed by atoms with Crippen molar-refractivity contribution in [3.63, 3.8) is 0 Å². The summed E-state index contributed by atoms with van der Waals surface area (Å²) in [6.07, 6.45) is 5.69. The van der Waals surface area contributed by atoms with Gasteiger partial charge < -0.3 is 9.64 Å². The largest absolute Gasteiger partial charge is 0.444 e. The maximum absolute atomic E-state index is 12.1. The van der Waals surface area contributed by atoms with Gasteiger partial charge in [0, 0.05) is 36.1 Å². The molecule has 0 radical (unpaired) electrons. The molecule has 1 atom stereocenters. The molecule has 116 valence electrons. The Bertz CT molecular complexity index is 459. The van der Waals surface area contributed by atoms with E-state index < -0.39 is 5.60 Å². The number of carbonyl (C=O) groups excluding carboxylic acids is 1. The number of pyridine rings is 1. The number of hydrogen-bond donors (Lipinski definition) is 0. The first kappa shape index (κ1) is 16.1. The lowest BCUT2D eigenvalue weighted by Gasteiger charge is -2.34. The second-order valence-electron chi connectivity index (χ2n) is 6.43. The van der Waals surface area contributed by atoms with Gasteiger partial charge in [-0.25, -0.2) is 4.79 Å². The van der Waals surface area contributed by atoms with Crippen LogP contribution in [0.3, 0.4) is 0 Å². The van der Waals surface area contributed by atoms with Gasteiger partial charge in [0.25, 0.3) is 0 Å². The summed E-state index contributed by atoms with van der Waals surface area (Å²) in [5.74, 6) is 1.56. The van der Waals surface area contributed by atoms with Crippen LogP contribution in [0.2, 0.25) is 0 Å². The van der Waals surface area contributed by atoms with E-state index in [0.717, 1.165) is 25.3 Å². The van der Waals surface area contributed by atoms with Crippen LogP contribution in [-0.4, -0.2) is 40.4 Å². The summed E-state index contributed by atoms with van der Waals surface area (Å²) in [6, 6.07) is 4.05. The minimum absolute atomic E-state index is 0.180. The predicted octanol–water partition coefficient (Wildman–Crippen LogP) is 3.82. The van der Waals surface area contributed by atoms with Gasteiger partial charge in [0.05, 0.1) is 0 Å². The highest BCUT2D eigenvalue weighted by molar-refractivity contribution is 7.99. The fraction of sp³-hybridized carbons (Fsp3) is 0.625. The quantitative estimate of drug-likeness (QED) is 0.796. The third-order valence-electron chi connectivity index (χ3n) is 3.31. The Morgan fingerprint density at radius 2 is 2.14 bits per heavy atom. The predicted molar refractivity (Wildman–Crippen MR) is 85.5 cm³/mol. The van der Waals surface area contributed by atoms with Crippen LogP contribution in [0.4, 0.5) is 4.79 Å². The Morgan fingerprint density at radius 3 is 2.81 bits per heavy atom. The van der Waals surface area contributed by atoms with Crippen molar-refractivity contribution in [2.75, 3.05) is 18.8 Å². The van der Waals surface area contributed by atoms with E-state index in [4.69, 9.17) is 4.74 Å². The van der Waals surface area contributed by atoms with E-state index in [2.05, 4.69) is 4.98 Å². The summed E-state index contributed by atoms with van der Waals surface area (Å²) in [7, 11) is 0. The zero-order valence-corrected chi connectivity index (χ0v) is 13.9. The van der Waals surface area contributed by atoms with Crippen molar-refractivity contribution in [2.45, 2.75) is 44.1 Å². The molecular weight excluding hydrogens is 284 g/mol. The lowest BCUT2D eigenvalue weighted by molar-refractivity contribution is 0.0177. The van der Waals surface area contributed by atoms with Crippen LogP contribution in [0.25, 0.3) is 0 Å². The minimum atomic E-state index is -0.421. The van der Waals surface area contributed by atoms with Crippen LogP contribution in [0.5, 0.6) is 0 Å². The van der Waals surface area contributed by atoms with Crippen molar-refractivity contribution in [3.8, 4) is 0 Å². The molecule has 1 aliphatic heterocycles. The van der Waals surface area contributed by atoms with Crippen molar-refractivity contribution in [1.29, 1.82) is 0 Å². The number of aromatic nitrogens is 1. The molecule has 4 nitrogen and oxygen atoms in total. The molecule has 1 fully saturated rings. The Hall–Kier alpha value is -1.23. The molecule has 0 aliphatic carbocycles. The van der Waals surface area contributed by atoms with Crippen LogP contribution >= 0.6 is 11.8 Å². The summed E-state index contributed by atoms with van der Waals surface area (Å²) in [6.45, 7) is 7.33. The van der Waals surface area contributed by atoms with Crippen LogP contribution in [0.1, 0.15) is 33.6 Å². The first-order valence-corrected chi connectivity index (χ1v) is 8.43. The van der Waals surface area contributed by atoms with E-state index in [1.165, 1.54) is 11.3 Å². The molecule has 21 heavy (non-hydrogen) atoms. The second kappa shape index (κ2) is 7.16. The van der Waals surface area contributed by atoms with Gasteiger partial charge in [0.2, 0.25) is 0 Å². The molecule has 1 aromatic rings. The average Bonchev–Trinajstić information content (AvgIpc) is 2.45. The van der Waals surface area contributed by atoms with Crippen LogP contribution in [0.15, 0.2) is 29.4 Å². The number of rotatable bonds is 3. The molecule has 1 amide bonds. The van der Waals surface area contributed by atoms with Crippen LogP contribution < -0.4 is 0 Å². The van der Waals surface area contributed by atoms with E-state index in [0.29, 0.717) is 5.92 Å². The van der Waals surface area contributed by atoms with E-state index >= 15 is 0 Å². The maximum atomic E-state index is 12.1. The standard InChI is InChI=1S/C16H24N2O2S/c1-16(2,3)20-15(19)18-10-4-5-13(11-18)12-21-14-6-8-17-9-7-14/h6-9,13H,4-5,10-12H2,1-3H3. The lowest BCUT2D eigenvalue weighted by atomic mass is 10.0. The Kier molecular flexibility index (Phi) is 5.51. The van der Waals surface area contributed by atoms with Gasteiger partial charge in [0.1, 0.15) is 5.60 Å². The Morgan fingerprint density at radius 1 is 1.43 bits per heavy atom. The summed E-state index contributed by atoms with van der Waals surface area (Å²) in [4.78, 5) is 19.2. The molecule has 2 rings (SSSR count). The van der Waals surface area contributed by atoms with Gasteiger partial charge >= 0.3 is 6.09 Å². The van der Waals surface area contributed by atoms with Crippen LogP contribution in [0, 0.1) is 5.92 Å². The molecule has 0 spiro atoms. The summed E-state index contributed by atoms with van der Waals surface area (Å²) in [5, 5.41) is 0. The first-order chi connectivity index (χ1) is 9.94. The smallest absolute Gasteiger partial charge is 0.410 e. The van der Waals surface area contributed by atoms with Crippen LogP contribution in [-0.2, 0) is 4.74 Å². The molecule has 0 aromatic carbocycles. The normalized spacial score (nSPS) is 19.4. The molecule has 0 N–H and O–H groups in total. The number of amides is 1. The molecular formula is C16H24N2O2S. The van der Waals surface area contributed by atoms with E-state index in [1.54, 1.807) is 0 Å². The average molecular weight is 308 g/mol. The van der Waals surface area contributed by atoms with Crippen molar-refractivity contribution >= 4 is 17.9 Å². The highest BCUT2D eigenvalue weighted by Gasteiger charge is 2.27. The monoisotopic (exact) mass is 308 g/mol. The number of carbonyl (C=O) groups is 1. The molecule has 0 bridgehead atoms. The van der Waals surface area contributed by atoms with Gasteiger partial charge in [-0.2, -0.15) is 0 Å². The summed E-state index contributed by atoms with van der Waals surface area (Å²) >= 11 is 1.84. The number of piperidine rings is 1. The third-order valence-corrected chi connectivity index (χ3v) is 4.55. The molecule has 2 heterocycles. The molecule has 1 unspecified atom stereocenters. The highest BCUT2D eigenvalue weighted by atomic mass is 32.2. The topological polar surface area (TPSA) is 42.4 Å². The first-order valence-electron chi connectivity index (χ1n) is 7.45. The maximum Gasteiger partial charge on any atom is 0.410 e. The summed E-state index contributed by atoms with van der Waals surface area (Å²) in [5.41, 5.74) is -0.421. The third kappa shape index (κ3) is 5.58. The zero-order chi connectivity index (χ0) is 15.3. The fourth-order valence-corrected chi connectivity index (χ4v) is 3.36. The fourth-order valence-electron chi connectivity index (χ4n) is 2.34. The van der Waals surface area contributed by atoms with E-state index in [-0.39, 0.29) is 6.09 Å². The van der Waals surface area contributed by atoms with Gasteiger partial charge in [-0.1, -0.05) is 0 Å². The second-order valence-corrected chi connectivity index (χ2v) is 7.52. The van der Waals surface area contributed by atoms with E-state index in [9.17, 15) is 4.79 Å². The van der Waals surface area contributed by atoms with Crippen molar-refractivity contribution < 1.29 is 9.53 Å². The number of nitrogens with zero attached hydrogens (tertiary/aromatic N) is 2. The van der Waals surface area contributed by atoms with Crippen molar-refractivity contribution in [1.82, 2.24) is 9.88 Å². The van der Waals surface area contributed by atoms with Crippen molar-refractivity contribution in [2.24, 2.45) is 5.92 Å². The molecule has 1 aliphatic rings. The number of ether oxygens (including phenoxy) is 1. The van der Waals surface area contributed by atoms with Gasteiger partial charge in [-0.3, -0.25) is 4.98 Å². The van der Waals surface area contributed by atoms with Gasteiger partial charge in [-0.05, 0) is 51.7 Å². The van der Waals surface area contributed by atoms with E-state index in [1.807, 2.05) is 62.0 Å². The Labute approximate surface area is 131 Å². The van der Waals surface area contributed by atoms with Gasteiger partial charge in [-0.15, -0.1) is 11.8 Å². The summed E-state index contributed by atoms with van der Waals surface area (Å²) < 4.78 is 5.46. The zero-order valence-electron chi connectivity index (χ0n) is 13.0.